The minimum absolute atomic E-state index is 0.129. The zero-order valence-corrected chi connectivity index (χ0v) is 34.9. The van der Waals surface area contributed by atoms with Gasteiger partial charge in [0.15, 0.2) is 18.4 Å². The van der Waals surface area contributed by atoms with Gasteiger partial charge in [-0.3, -0.25) is 9.59 Å². The third-order valence-corrected chi connectivity index (χ3v) is 11.8. The third-order valence-electron chi connectivity index (χ3n) is 11.8. The Morgan fingerprint density at radius 3 is 1.10 bits per heavy atom. The molecule has 0 radical (unpaired) electrons. The van der Waals surface area contributed by atoms with E-state index in [4.69, 9.17) is 9.47 Å². The predicted octanol–water partition coefficient (Wildman–Crippen LogP) is 13.6. The Morgan fingerprint density at radius 2 is 0.765 bits per heavy atom. The molecule has 302 valence electrons. The number of morpholine rings is 1. The number of likely N-dealkylation sites (N-methyl/N-ethyl adjacent to an activating group) is 1. The molecule has 1 fully saturated rings. The molecule has 1 saturated heterocycles. The van der Waals surface area contributed by atoms with Gasteiger partial charge in [-0.15, -0.1) is 0 Å². The lowest BCUT2D eigenvalue weighted by molar-refractivity contribution is -0.931. The largest absolute Gasteiger partial charge is 0.459 e. The Morgan fingerprint density at radius 1 is 0.471 bits per heavy atom. The van der Waals surface area contributed by atoms with Crippen LogP contribution in [-0.4, -0.2) is 62.2 Å². The fourth-order valence-electron chi connectivity index (χ4n) is 7.94. The van der Waals surface area contributed by atoms with E-state index in [0.29, 0.717) is 30.5 Å². The van der Waals surface area contributed by atoms with Crippen molar-refractivity contribution < 1.29 is 23.5 Å². The van der Waals surface area contributed by atoms with Crippen LogP contribution < -0.4 is 0 Å². The van der Waals surface area contributed by atoms with Gasteiger partial charge in [0.25, 0.3) is 0 Å². The minimum atomic E-state index is -0.260. The Kier molecular flexibility index (Phi) is 34.0. The highest BCUT2D eigenvalue weighted by Gasteiger charge is 2.40. The first kappa shape index (κ1) is 48.1. The fourth-order valence-corrected chi connectivity index (χ4v) is 7.94. The predicted molar refractivity (Wildman–Crippen MR) is 219 cm³/mol. The first-order valence-electron chi connectivity index (χ1n) is 23.1. The molecule has 0 aromatic rings. The molecule has 0 N–H and O–H groups in total. The molecule has 1 heterocycles. The normalized spacial score (nSPS) is 14.9. The van der Waals surface area contributed by atoms with Gasteiger partial charge in [-0.2, -0.15) is 0 Å². The van der Waals surface area contributed by atoms with E-state index in [1.807, 2.05) is 0 Å². The fraction of sp³-hybridized carbons (Fsp3) is 0.957. The lowest BCUT2D eigenvalue weighted by Gasteiger charge is -2.42. The second kappa shape index (κ2) is 36.1. The highest BCUT2D eigenvalue weighted by Crippen LogP contribution is 2.20. The van der Waals surface area contributed by atoms with Gasteiger partial charge in [-0.05, 0) is 12.8 Å². The van der Waals surface area contributed by atoms with E-state index in [0.717, 1.165) is 38.8 Å². The zero-order chi connectivity index (χ0) is 36.9. The molecule has 0 bridgehead atoms. The highest BCUT2D eigenvalue weighted by atomic mass is 16.5. The Labute approximate surface area is 319 Å². The smallest absolute Gasteiger partial charge is 0.306 e. The highest BCUT2D eigenvalue weighted by molar-refractivity contribution is 5.83. The summed E-state index contributed by atoms with van der Waals surface area (Å²) < 4.78 is 12.1. The molecule has 0 aromatic carbocycles. The van der Waals surface area contributed by atoms with Crippen LogP contribution in [0.15, 0.2) is 0 Å². The minimum Gasteiger partial charge on any atom is -0.459 e. The summed E-state index contributed by atoms with van der Waals surface area (Å²) in [6.07, 6.45) is 45.1. The summed E-state index contributed by atoms with van der Waals surface area (Å²) in [4.78, 5) is 26.2. The van der Waals surface area contributed by atoms with Crippen molar-refractivity contribution in [2.24, 2.45) is 0 Å². The molecule has 0 saturated carbocycles. The number of rotatable bonds is 39. The Hall–Kier alpha value is -0.940. The number of carbonyl (C=O) groups excluding carboxylic acids is 2. The number of Topliss-reactive ketones (excluding diaryl/α,β-unsaturated/α-hetero) is 1. The van der Waals surface area contributed by atoms with E-state index in [1.165, 1.54) is 186 Å². The van der Waals surface area contributed by atoms with Gasteiger partial charge in [0.1, 0.15) is 13.1 Å². The average molecular weight is 721 g/mol. The lowest BCUT2D eigenvalue weighted by atomic mass is 10.0. The molecule has 0 aliphatic carbocycles. The molecule has 1 aliphatic rings. The summed E-state index contributed by atoms with van der Waals surface area (Å²) in [6, 6.07) is -0.260. The van der Waals surface area contributed by atoms with Gasteiger partial charge < -0.3 is 14.0 Å². The number of hydrogen-bond acceptors (Lipinski definition) is 4. The third kappa shape index (κ3) is 29.1. The first-order valence-corrected chi connectivity index (χ1v) is 23.1. The molecule has 1 aliphatic heterocycles. The molecule has 5 heteroatoms. The van der Waals surface area contributed by atoms with E-state index in [-0.39, 0.29) is 24.4 Å². The summed E-state index contributed by atoms with van der Waals surface area (Å²) in [5, 5.41) is 0. The van der Waals surface area contributed by atoms with Crippen LogP contribution in [0.4, 0.5) is 0 Å². The van der Waals surface area contributed by atoms with Gasteiger partial charge in [0, 0.05) is 12.8 Å². The van der Waals surface area contributed by atoms with Gasteiger partial charge >= 0.3 is 5.97 Å². The number of hydrogen-bond donors (Lipinski definition) is 0. The number of ketones is 1. The topological polar surface area (TPSA) is 52.6 Å². The molecule has 1 rings (SSSR count). The SMILES string of the molecule is CCCCCCCCCCCCCCCCCCCC(=O)C(COC(=O)CCCCCCCCCCCCCCCCCC)[N+]1(C)CCOCC1. The maximum Gasteiger partial charge on any atom is 0.306 e. The maximum atomic E-state index is 13.5. The Bertz CT molecular complexity index is 764. The summed E-state index contributed by atoms with van der Waals surface area (Å²) in [5.41, 5.74) is 0. The van der Waals surface area contributed by atoms with Crippen molar-refractivity contribution in [2.45, 2.75) is 245 Å². The van der Waals surface area contributed by atoms with Crippen molar-refractivity contribution in [3.8, 4) is 0 Å². The molecular formula is C46H90NO4+. The van der Waals surface area contributed by atoms with Gasteiger partial charge in [-0.1, -0.05) is 213 Å². The molecule has 1 unspecified atom stereocenters. The summed E-state index contributed by atoms with van der Waals surface area (Å²) in [7, 11) is 2.16. The molecule has 0 spiro atoms. The van der Waals surface area contributed by atoms with Crippen LogP contribution in [0.5, 0.6) is 0 Å². The monoisotopic (exact) mass is 721 g/mol. The molecule has 0 amide bonds. The van der Waals surface area contributed by atoms with Crippen molar-refractivity contribution in [2.75, 3.05) is 40.0 Å². The second-order valence-corrected chi connectivity index (χ2v) is 16.7. The van der Waals surface area contributed by atoms with E-state index >= 15 is 0 Å². The van der Waals surface area contributed by atoms with Gasteiger partial charge in [0.2, 0.25) is 0 Å². The first-order chi connectivity index (χ1) is 25.0. The Balaban J connectivity index is 2.09. The molecular weight excluding hydrogens is 631 g/mol. The van der Waals surface area contributed by atoms with Crippen molar-refractivity contribution in [1.82, 2.24) is 0 Å². The van der Waals surface area contributed by atoms with Crippen molar-refractivity contribution in [3.63, 3.8) is 0 Å². The van der Waals surface area contributed by atoms with Gasteiger partial charge in [0.05, 0.1) is 20.3 Å². The van der Waals surface area contributed by atoms with Crippen molar-refractivity contribution in [3.05, 3.63) is 0 Å². The summed E-state index contributed by atoms with van der Waals surface area (Å²) in [6.45, 7) is 7.77. The molecule has 0 aromatic heterocycles. The van der Waals surface area contributed by atoms with Crippen LogP contribution in [0, 0.1) is 0 Å². The van der Waals surface area contributed by atoms with Crippen molar-refractivity contribution in [1.29, 1.82) is 0 Å². The second-order valence-electron chi connectivity index (χ2n) is 16.7. The molecule has 51 heavy (non-hydrogen) atoms. The zero-order valence-electron chi connectivity index (χ0n) is 34.9. The van der Waals surface area contributed by atoms with E-state index in [1.54, 1.807) is 0 Å². The van der Waals surface area contributed by atoms with E-state index in [2.05, 4.69) is 20.9 Å². The van der Waals surface area contributed by atoms with Crippen molar-refractivity contribution >= 4 is 11.8 Å². The number of quaternary nitrogens is 1. The van der Waals surface area contributed by atoms with Gasteiger partial charge in [-0.25, -0.2) is 0 Å². The number of esters is 1. The van der Waals surface area contributed by atoms with Crippen LogP contribution >= 0.6 is 0 Å². The number of unbranched alkanes of at least 4 members (excludes halogenated alkanes) is 31. The summed E-state index contributed by atoms with van der Waals surface area (Å²) in [5.74, 6) is 0.145. The number of ether oxygens (including phenoxy) is 2. The van der Waals surface area contributed by atoms with E-state index in [9.17, 15) is 9.59 Å². The van der Waals surface area contributed by atoms with Crippen LogP contribution in [-0.2, 0) is 19.1 Å². The lowest BCUT2D eigenvalue weighted by Crippen LogP contribution is -2.62. The van der Waals surface area contributed by atoms with Crippen LogP contribution in [0.25, 0.3) is 0 Å². The summed E-state index contributed by atoms with van der Waals surface area (Å²) >= 11 is 0. The molecule has 1 atom stereocenters. The quantitative estimate of drug-likeness (QED) is 0.0360. The maximum absolute atomic E-state index is 13.5. The van der Waals surface area contributed by atoms with Crippen LogP contribution in [0.3, 0.4) is 0 Å². The number of nitrogens with zero attached hydrogens (tertiary/aromatic N) is 1. The van der Waals surface area contributed by atoms with Crippen LogP contribution in [0.2, 0.25) is 0 Å². The standard InChI is InChI=1S/C46H90NO4/c1-4-6-8-10-12-14-16-18-20-22-23-25-27-29-31-33-35-37-45(48)44(47(3)39-41-50-42-40-47)43-51-46(49)38-36-34-32-30-28-26-24-21-19-17-15-13-11-9-7-5-2/h44H,4-43H2,1-3H3/q+1. The average Bonchev–Trinajstić information content (AvgIpc) is 3.13. The van der Waals surface area contributed by atoms with E-state index < -0.39 is 0 Å². The number of carbonyl (C=O) groups is 2. The van der Waals surface area contributed by atoms with Crippen LogP contribution in [0.1, 0.15) is 239 Å². The molecule has 5 nitrogen and oxygen atoms in total.